The van der Waals surface area contributed by atoms with Gasteiger partial charge in [-0.2, -0.15) is 0 Å². The zero-order valence-corrected chi connectivity index (χ0v) is 16.7. The standard InChI is InChI=1S/C19H27N3OS2/c1-3-4-5-6-12-21(2)16-9-7-15(8-10-16)14-17-18(23)22(13-11-20)19(24)25-17/h7-10,14H,3-6,11-13,20H2,1-2H3/b17-14-. The molecule has 1 fully saturated rings. The molecule has 0 bridgehead atoms. The maximum Gasteiger partial charge on any atom is 0.266 e. The number of carbonyl (C=O) groups is 1. The molecular formula is C19H27N3OS2. The first-order chi connectivity index (χ1) is 12.1. The summed E-state index contributed by atoms with van der Waals surface area (Å²) in [7, 11) is 2.12. The molecular weight excluding hydrogens is 350 g/mol. The number of rotatable bonds is 9. The van der Waals surface area contributed by atoms with E-state index in [1.165, 1.54) is 43.1 Å². The fraction of sp³-hybridized carbons (Fsp3) is 0.474. The summed E-state index contributed by atoms with van der Waals surface area (Å²) in [5.74, 6) is -0.0439. The van der Waals surface area contributed by atoms with Gasteiger partial charge >= 0.3 is 0 Å². The summed E-state index contributed by atoms with van der Waals surface area (Å²) in [5.41, 5.74) is 7.75. The van der Waals surface area contributed by atoms with Crippen molar-refractivity contribution >= 4 is 46.0 Å². The van der Waals surface area contributed by atoms with Crippen LogP contribution in [-0.2, 0) is 4.79 Å². The minimum Gasteiger partial charge on any atom is -0.375 e. The Kier molecular flexibility index (Phi) is 7.93. The van der Waals surface area contributed by atoms with Crippen LogP contribution in [0.4, 0.5) is 5.69 Å². The average molecular weight is 378 g/mol. The van der Waals surface area contributed by atoms with Crippen molar-refractivity contribution in [2.24, 2.45) is 5.73 Å². The van der Waals surface area contributed by atoms with E-state index < -0.39 is 0 Å². The lowest BCUT2D eigenvalue weighted by Crippen LogP contribution is -2.32. The van der Waals surface area contributed by atoms with Gasteiger partial charge in [-0.05, 0) is 30.2 Å². The molecule has 1 aromatic rings. The largest absolute Gasteiger partial charge is 0.375 e. The van der Waals surface area contributed by atoms with Crippen molar-refractivity contribution < 1.29 is 4.79 Å². The van der Waals surface area contributed by atoms with Crippen LogP contribution in [-0.4, -0.2) is 41.8 Å². The van der Waals surface area contributed by atoms with Gasteiger partial charge in [-0.15, -0.1) is 0 Å². The number of anilines is 1. The Morgan fingerprint density at radius 2 is 1.96 bits per heavy atom. The number of unbranched alkanes of at least 4 members (excludes halogenated alkanes) is 3. The Bertz CT molecular complexity index is 628. The maximum absolute atomic E-state index is 12.3. The number of hydrogen-bond donors (Lipinski definition) is 1. The Morgan fingerprint density at radius 3 is 2.60 bits per heavy atom. The Hall–Kier alpha value is -1.37. The number of amides is 1. The highest BCUT2D eigenvalue weighted by Gasteiger charge is 2.31. The second-order valence-corrected chi connectivity index (χ2v) is 7.87. The molecule has 1 aromatic carbocycles. The van der Waals surface area contributed by atoms with Crippen molar-refractivity contribution in [3.63, 3.8) is 0 Å². The lowest BCUT2D eigenvalue weighted by Gasteiger charge is -2.19. The molecule has 1 amide bonds. The van der Waals surface area contributed by atoms with E-state index >= 15 is 0 Å². The van der Waals surface area contributed by atoms with Crippen LogP contribution in [0.2, 0.25) is 0 Å². The van der Waals surface area contributed by atoms with Crippen LogP contribution in [0.3, 0.4) is 0 Å². The van der Waals surface area contributed by atoms with Gasteiger partial charge in [-0.1, -0.05) is 62.3 Å². The van der Waals surface area contributed by atoms with Gasteiger partial charge in [0.1, 0.15) is 4.32 Å². The van der Waals surface area contributed by atoms with Gasteiger partial charge < -0.3 is 10.6 Å². The SMILES string of the molecule is CCCCCCN(C)c1ccc(/C=C2\SC(=S)N(CCN)C2=O)cc1. The third kappa shape index (κ3) is 5.56. The molecule has 1 saturated heterocycles. The van der Waals surface area contributed by atoms with Crippen LogP contribution in [0.25, 0.3) is 6.08 Å². The highest BCUT2D eigenvalue weighted by molar-refractivity contribution is 8.26. The fourth-order valence-corrected chi connectivity index (χ4v) is 4.01. The smallest absolute Gasteiger partial charge is 0.266 e. The molecule has 0 saturated carbocycles. The Balaban J connectivity index is 1.98. The molecule has 1 aliphatic rings. The summed E-state index contributed by atoms with van der Waals surface area (Å²) >= 11 is 6.60. The number of nitrogens with two attached hydrogens (primary N) is 1. The predicted octanol–water partition coefficient (Wildman–Crippen LogP) is 3.86. The van der Waals surface area contributed by atoms with Crippen LogP contribution in [0.1, 0.15) is 38.2 Å². The van der Waals surface area contributed by atoms with E-state index in [0.717, 1.165) is 12.1 Å². The molecule has 0 atom stereocenters. The summed E-state index contributed by atoms with van der Waals surface area (Å²) < 4.78 is 0.588. The van der Waals surface area contributed by atoms with E-state index in [0.29, 0.717) is 22.3 Å². The fourth-order valence-electron chi connectivity index (χ4n) is 2.70. The molecule has 25 heavy (non-hydrogen) atoms. The predicted molar refractivity (Wildman–Crippen MR) is 113 cm³/mol. The second-order valence-electron chi connectivity index (χ2n) is 6.20. The maximum atomic E-state index is 12.3. The molecule has 1 aliphatic heterocycles. The van der Waals surface area contributed by atoms with Crippen molar-refractivity contribution in [2.75, 3.05) is 31.6 Å². The van der Waals surface area contributed by atoms with Gasteiger partial charge in [0.15, 0.2) is 0 Å². The molecule has 0 spiro atoms. The van der Waals surface area contributed by atoms with Crippen molar-refractivity contribution in [2.45, 2.75) is 32.6 Å². The van der Waals surface area contributed by atoms with Crippen molar-refractivity contribution in [3.05, 3.63) is 34.7 Å². The summed E-state index contributed by atoms with van der Waals surface area (Å²) in [6.45, 7) is 4.19. The third-order valence-electron chi connectivity index (χ3n) is 4.20. The van der Waals surface area contributed by atoms with E-state index in [2.05, 4.69) is 31.0 Å². The van der Waals surface area contributed by atoms with Gasteiger partial charge in [-0.3, -0.25) is 9.69 Å². The number of thioether (sulfide) groups is 1. The number of hydrogen-bond acceptors (Lipinski definition) is 5. The number of benzene rings is 1. The molecule has 6 heteroatoms. The van der Waals surface area contributed by atoms with E-state index in [1.807, 2.05) is 18.2 Å². The van der Waals surface area contributed by atoms with Gasteiger partial charge in [0, 0.05) is 32.4 Å². The second kappa shape index (κ2) is 9.94. The van der Waals surface area contributed by atoms with E-state index in [1.54, 1.807) is 4.90 Å². The summed E-state index contributed by atoms with van der Waals surface area (Å²) in [6.07, 6.45) is 6.96. The summed E-state index contributed by atoms with van der Waals surface area (Å²) in [4.78, 5) is 16.9. The number of carbonyl (C=O) groups excluding carboxylic acids is 1. The minimum absolute atomic E-state index is 0.0439. The monoisotopic (exact) mass is 377 g/mol. The van der Waals surface area contributed by atoms with Crippen LogP contribution < -0.4 is 10.6 Å². The Labute approximate surface area is 160 Å². The van der Waals surface area contributed by atoms with E-state index in [9.17, 15) is 4.79 Å². The topological polar surface area (TPSA) is 49.6 Å². The number of thiocarbonyl (C=S) groups is 1. The highest BCUT2D eigenvalue weighted by Crippen LogP contribution is 2.32. The molecule has 0 unspecified atom stereocenters. The van der Waals surface area contributed by atoms with Gasteiger partial charge in [0.05, 0.1) is 4.91 Å². The zero-order chi connectivity index (χ0) is 18.2. The van der Waals surface area contributed by atoms with Crippen LogP contribution in [0.5, 0.6) is 0 Å². The summed E-state index contributed by atoms with van der Waals surface area (Å²) in [5, 5.41) is 0. The highest BCUT2D eigenvalue weighted by atomic mass is 32.2. The molecule has 136 valence electrons. The van der Waals surface area contributed by atoms with Crippen LogP contribution in [0, 0.1) is 0 Å². The molecule has 0 aromatic heterocycles. The van der Waals surface area contributed by atoms with Crippen LogP contribution in [0.15, 0.2) is 29.2 Å². The zero-order valence-electron chi connectivity index (χ0n) is 15.0. The molecule has 2 N–H and O–H groups in total. The van der Waals surface area contributed by atoms with E-state index in [-0.39, 0.29) is 5.91 Å². The minimum atomic E-state index is -0.0439. The van der Waals surface area contributed by atoms with Crippen molar-refractivity contribution in [1.82, 2.24) is 4.90 Å². The third-order valence-corrected chi connectivity index (χ3v) is 5.58. The van der Waals surface area contributed by atoms with Crippen LogP contribution >= 0.6 is 24.0 Å². The van der Waals surface area contributed by atoms with Gasteiger partial charge in [-0.25, -0.2) is 0 Å². The van der Waals surface area contributed by atoms with Gasteiger partial charge in [0.25, 0.3) is 5.91 Å². The van der Waals surface area contributed by atoms with E-state index in [4.69, 9.17) is 18.0 Å². The lowest BCUT2D eigenvalue weighted by molar-refractivity contribution is -0.122. The molecule has 1 heterocycles. The molecule has 4 nitrogen and oxygen atoms in total. The lowest BCUT2D eigenvalue weighted by atomic mass is 10.1. The first-order valence-corrected chi connectivity index (χ1v) is 10.1. The molecule has 0 aliphatic carbocycles. The quantitative estimate of drug-likeness (QED) is 0.402. The van der Waals surface area contributed by atoms with Gasteiger partial charge in [0.2, 0.25) is 0 Å². The molecule has 0 radical (unpaired) electrons. The summed E-state index contributed by atoms with van der Waals surface area (Å²) in [6, 6.07) is 8.30. The first kappa shape index (κ1) is 19.9. The number of nitrogens with zero attached hydrogens (tertiary/aromatic N) is 2. The average Bonchev–Trinajstić information content (AvgIpc) is 2.87. The Morgan fingerprint density at radius 1 is 1.24 bits per heavy atom. The van der Waals surface area contributed by atoms with Crippen molar-refractivity contribution in [3.8, 4) is 0 Å². The van der Waals surface area contributed by atoms with Crippen molar-refractivity contribution in [1.29, 1.82) is 0 Å². The molecule has 2 rings (SSSR count). The normalized spacial score (nSPS) is 16.1. The first-order valence-electron chi connectivity index (χ1n) is 8.83.